The third-order valence-corrected chi connectivity index (χ3v) is 4.29. The molecule has 1 aromatic heterocycles. The largest absolute Gasteiger partial charge is 0.497 e. The van der Waals surface area contributed by atoms with E-state index in [1.54, 1.807) is 24.7 Å². The van der Waals surface area contributed by atoms with E-state index in [9.17, 15) is 4.79 Å². The van der Waals surface area contributed by atoms with Gasteiger partial charge in [-0.15, -0.1) is 0 Å². The second-order valence-corrected chi connectivity index (χ2v) is 8.10. The maximum Gasteiger partial charge on any atom is 0.407 e. The molecule has 0 aliphatic carbocycles. The lowest BCUT2D eigenvalue weighted by atomic mass is 10.1. The van der Waals surface area contributed by atoms with Crippen molar-refractivity contribution in [2.24, 2.45) is 0 Å². The number of aromatic nitrogens is 2. The number of hydrogen-bond acceptors (Lipinski definition) is 7. The quantitative estimate of drug-likeness (QED) is 0.313. The molecule has 0 bridgehead atoms. The zero-order chi connectivity index (χ0) is 22.5. The fourth-order valence-corrected chi connectivity index (χ4v) is 3.03. The second-order valence-electron chi connectivity index (χ2n) is 8.10. The first-order valence-electron chi connectivity index (χ1n) is 9.95. The molecule has 0 atom stereocenters. The Bertz CT molecular complexity index is 991. The van der Waals surface area contributed by atoms with E-state index < -0.39 is 11.7 Å². The van der Waals surface area contributed by atoms with Gasteiger partial charge in [-0.25, -0.2) is 9.78 Å². The number of unbranched alkanes of at least 4 members (excludes halogenated alkanes) is 1. The molecule has 30 heavy (non-hydrogen) atoms. The van der Waals surface area contributed by atoms with Gasteiger partial charge in [0.25, 0.3) is 0 Å². The fraction of sp³-hybridized carbons (Fsp3) is 0.524. The Morgan fingerprint density at radius 3 is 2.50 bits per heavy atom. The number of rotatable bonds is 7. The van der Waals surface area contributed by atoms with Gasteiger partial charge in [0.1, 0.15) is 17.2 Å². The molecule has 1 amide bonds. The van der Waals surface area contributed by atoms with Crippen molar-refractivity contribution in [1.82, 2.24) is 14.9 Å². The molecule has 2 rings (SSSR count). The number of nitrogens with zero attached hydrogens (tertiary/aromatic N) is 2. The van der Waals surface area contributed by atoms with Gasteiger partial charge < -0.3 is 20.1 Å². The molecule has 4 N–H and O–H groups in total. The number of ether oxygens (including phenoxy) is 2. The molecule has 2 aromatic rings. The van der Waals surface area contributed by atoms with E-state index in [-0.39, 0.29) is 11.3 Å². The summed E-state index contributed by atoms with van der Waals surface area (Å²) in [6.45, 7) is 10.1. The van der Waals surface area contributed by atoms with Gasteiger partial charge in [0.2, 0.25) is 0 Å². The topological polar surface area (TPSA) is 125 Å². The molecule has 164 valence electrons. The van der Waals surface area contributed by atoms with Crippen molar-refractivity contribution in [3.8, 4) is 5.75 Å². The van der Waals surface area contributed by atoms with Crippen LogP contribution in [0.15, 0.2) is 12.1 Å². The first kappa shape index (κ1) is 23.2. The van der Waals surface area contributed by atoms with Crippen molar-refractivity contribution >= 4 is 28.8 Å². The minimum Gasteiger partial charge on any atom is -0.497 e. The molecular formula is C21H32N6O3. The molecule has 0 aliphatic heterocycles. The third-order valence-electron chi connectivity index (χ3n) is 4.29. The summed E-state index contributed by atoms with van der Waals surface area (Å²) in [5, 5.41) is 22.5. The number of alkyl carbamates (subject to hydrolysis) is 1. The van der Waals surface area contributed by atoms with E-state index in [1.165, 1.54) is 0 Å². The highest BCUT2D eigenvalue weighted by molar-refractivity contribution is 5.92. The van der Waals surface area contributed by atoms with Gasteiger partial charge >= 0.3 is 6.09 Å². The maximum atomic E-state index is 11.6. The molecule has 1 heterocycles. The Balaban J connectivity index is 2.06. The first-order chi connectivity index (χ1) is 14.0. The summed E-state index contributed by atoms with van der Waals surface area (Å²) < 4.78 is 12.1. The van der Waals surface area contributed by atoms with Crippen LogP contribution in [0.4, 0.5) is 10.6 Å². The predicted octanol–water partition coefficient (Wildman–Crippen LogP) is 3.39. The van der Waals surface area contributed by atoms with Crippen LogP contribution in [0.5, 0.6) is 5.75 Å². The highest BCUT2D eigenvalue weighted by atomic mass is 16.6. The van der Waals surface area contributed by atoms with Crippen LogP contribution in [0.3, 0.4) is 0 Å². The van der Waals surface area contributed by atoms with E-state index in [4.69, 9.17) is 20.3 Å². The van der Waals surface area contributed by atoms with Crippen molar-refractivity contribution < 1.29 is 14.3 Å². The summed E-state index contributed by atoms with van der Waals surface area (Å²) in [7, 11) is 1.60. The molecule has 0 aliphatic rings. The Hall–Kier alpha value is -3.10. The minimum atomic E-state index is -0.513. The number of benzene rings is 1. The lowest BCUT2D eigenvalue weighted by Gasteiger charge is -2.19. The molecule has 0 unspecified atom stereocenters. The summed E-state index contributed by atoms with van der Waals surface area (Å²) in [5.74, 6) is 1.32. The number of aryl methyl sites for hydroxylation is 1. The van der Waals surface area contributed by atoms with Crippen molar-refractivity contribution in [2.75, 3.05) is 25.5 Å². The average Bonchev–Trinajstić information content (AvgIpc) is 2.63. The first-order valence-corrected chi connectivity index (χ1v) is 9.95. The van der Waals surface area contributed by atoms with Gasteiger partial charge in [0.05, 0.1) is 18.1 Å². The van der Waals surface area contributed by atoms with Crippen molar-refractivity contribution in [3.63, 3.8) is 0 Å². The van der Waals surface area contributed by atoms with Gasteiger partial charge in [0.15, 0.2) is 11.3 Å². The SMILES string of the molecule is COc1cc(C)c2c(c1)nc(NCCCCNC(=O)OC(C)(C)C)c(=N)n2C(C)=N. The van der Waals surface area contributed by atoms with Gasteiger partial charge in [-0.2, -0.15) is 0 Å². The Kier molecular flexibility index (Phi) is 7.42. The smallest absolute Gasteiger partial charge is 0.407 e. The van der Waals surface area contributed by atoms with Crippen LogP contribution in [0.25, 0.3) is 11.0 Å². The zero-order valence-electron chi connectivity index (χ0n) is 18.6. The van der Waals surface area contributed by atoms with Crippen molar-refractivity contribution in [3.05, 3.63) is 23.2 Å². The number of hydrogen-bond donors (Lipinski definition) is 4. The van der Waals surface area contributed by atoms with E-state index >= 15 is 0 Å². The number of anilines is 1. The molecule has 0 radical (unpaired) electrons. The summed E-state index contributed by atoms with van der Waals surface area (Å²) in [4.78, 5) is 16.2. The van der Waals surface area contributed by atoms with Crippen molar-refractivity contribution in [1.29, 1.82) is 10.8 Å². The second kappa shape index (κ2) is 9.60. The molecule has 9 nitrogen and oxygen atoms in total. The van der Waals surface area contributed by atoms with Crippen LogP contribution in [-0.2, 0) is 4.74 Å². The van der Waals surface area contributed by atoms with Crippen LogP contribution >= 0.6 is 0 Å². The Morgan fingerprint density at radius 1 is 1.23 bits per heavy atom. The number of fused-ring (bicyclic) bond motifs is 1. The lowest BCUT2D eigenvalue weighted by Crippen LogP contribution is -2.33. The van der Waals surface area contributed by atoms with E-state index in [1.807, 2.05) is 33.8 Å². The number of carbonyl (C=O) groups is 1. The van der Waals surface area contributed by atoms with Gasteiger partial charge in [-0.1, -0.05) is 0 Å². The van der Waals surface area contributed by atoms with E-state index in [0.29, 0.717) is 30.2 Å². The molecular weight excluding hydrogens is 384 g/mol. The van der Waals surface area contributed by atoms with Crippen LogP contribution in [-0.4, -0.2) is 47.3 Å². The lowest BCUT2D eigenvalue weighted by molar-refractivity contribution is 0.0527. The maximum absolute atomic E-state index is 11.6. The Labute approximate surface area is 176 Å². The number of methoxy groups -OCH3 is 1. The predicted molar refractivity (Wildman–Crippen MR) is 118 cm³/mol. The van der Waals surface area contributed by atoms with Crippen molar-refractivity contribution in [2.45, 2.75) is 53.1 Å². The van der Waals surface area contributed by atoms with E-state index in [0.717, 1.165) is 23.9 Å². The summed E-state index contributed by atoms with van der Waals surface area (Å²) in [5.41, 5.74) is 1.89. The average molecular weight is 417 g/mol. The van der Waals surface area contributed by atoms with Gasteiger partial charge in [-0.05, 0) is 59.1 Å². The summed E-state index contributed by atoms with van der Waals surface area (Å²) >= 11 is 0. The number of amides is 1. The molecule has 0 saturated heterocycles. The van der Waals surface area contributed by atoms with Crippen LogP contribution in [0, 0.1) is 17.7 Å². The third kappa shape index (κ3) is 5.95. The van der Waals surface area contributed by atoms with Gasteiger partial charge in [0, 0.05) is 19.2 Å². The van der Waals surface area contributed by atoms with Crippen LogP contribution < -0.4 is 20.9 Å². The van der Waals surface area contributed by atoms with Crippen LogP contribution in [0.1, 0.15) is 46.1 Å². The zero-order valence-corrected chi connectivity index (χ0v) is 18.6. The Morgan fingerprint density at radius 2 is 1.90 bits per heavy atom. The standard InChI is InChI=1S/C21H32N6O3/c1-13-11-15(29-6)12-16-17(13)27(14(2)22)18(23)19(26-16)24-9-7-8-10-25-20(28)30-21(3,4)5/h11-12,22-23H,7-10H2,1-6H3,(H,24,26)(H,25,28). The number of carbonyl (C=O) groups excluding carboxylic acids is 1. The molecule has 1 aromatic carbocycles. The molecule has 0 saturated carbocycles. The molecule has 9 heteroatoms. The summed E-state index contributed by atoms with van der Waals surface area (Å²) in [6, 6.07) is 3.67. The minimum absolute atomic E-state index is 0.134. The van der Waals surface area contributed by atoms with Crippen LogP contribution in [0.2, 0.25) is 0 Å². The van der Waals surface area contributed by atoms with E-state index in [2.05, 4.69) is 15.6 Å². The monoisotopic (exact) mass is 416 g/mol. The highest BCUT2D eigenvalue weighted by Crippen LogP contribution is 2.23. The number of nitrogens with one attached hydrogen (secondary N) is 4. The van der Waals surface area contributed by atoms with Gasteiger partial charge in [-0.3, -0.25) is 15.4 Å². The highest BCUT2D eigenvalue weighted by Gasteiger charge is 2.16. The normalized spacial score (nSPS) is 11.3. The fourth-order valence-electron chi connectivity index (χ4n) is 3.03. The molecule has 0 spiro atoms. The summed E-state index contributed by atoms with van der Waals surface area (Å²) in [6.07, 6.45) is 1.10. The molecule has 0 fully saturated rings.